The van der Waals surface area contributed by atoms with E-state index in [1.54, 1.807) is 24.4 Å². The standard InChI is InChI=1S/C10H12N4O5S/c1-20(17,18)19-7-5-11-10-9(14(15)16)8-4-2-3-6-13(8)12-10/h2-4,6H,5,7H2,1H3,(H,11,12). The van der Waals surface area contributed by atoms with Gasteiger partial charge in [-0.05, 0) is 12.1 Å². The number of nitrogens with one attached hydrogen (secondary N) is 1. The molecule has 10 heteroatoms. The fraction of sp³-hybridized carbons (Fsp3) is 0.300. The summed E-state index contributed by atoms with van der Waals surface area (Å²) in [6, 6.07) is 4.93. The Labute approximate surface area is 114 Å². The van der Waals surface area contributed by atoms with Gasteiger partial charge in [0.05, 0.1) is 17.8 Å². The van der Waals surface area contributed by atoms with E-state index in [-0.39, 0.29) is 24.7 Å². The molecule has 0 aromatic carbocycles. The van der Waals surface area contributed by atoms with E-state index in [2.05, 4.69) is 14.6 Å². The van der Waals surface area contributed by atoms with Crippen molar-refractivity contribution in [3.8, 4) is 0 Å². The van der Waals surface area contributed by atoms with Gasteiger partial charge in [-0.2, -0.15) is 8.42 Å². The molecule has 0 aliphatic rings. The summed E-state index contributed by atoms with van der Waals surface area (Å²) in [5, 5.41) is 17.8. The third-order valence-corrected chi connectivity index (χ3v) is 2.98. The van der Waals surface area contributed by atoms with Crippen LogP contribution in [0, 0.1) is 10.1 Å². The molecule has 0 unspecified atom stereocenters. The lowest BCUT2D eigenvalue weighted by molar-refractivity contribution is -0.382. The molecule has 0 amide bonds. The lowest BCUT2D eigenvalue weighted by atomic mass is 10.3. The van der Waals surface area contributed by atoms with Crippen LogP contribution in [0.25, 0.3) is 5.52 Å². The predicted octanol–water partition coefficient (Wildman–Crippen LogP) is 0.631. The highest BCUT2D eigenvalue weighted by atomic mass is 32.2. The molecule has 9 nitrogen and oxygen atoms in total. The van der Waals surface area contributed by atoms with Gasteiger partial charge in [0, 0.05) is 12.7 Å². The summed E-state index contributed by atoms with van der Waals surface area (Å²) in [6.07, 6.45) is 2.51. The number of nitrogens with zero attached hydrogens (tertiary/aromatic N) is 3. The molecule has 0 bridgehead atoms. The zero-order valence-corrected chi connectivity index (χ0v) is 11.3. The normalized spacial score (nSPS) is 11.7. The van der Waals surface area contributed by atoms with Crippen LogP contribution in [0.2, 0.25) is 0 Å². The van der Waals surface area contributed by atoms with E-state index in [1.165, 1.54) is 4.52 Å². The first-order chi connectivity index (χ1) is 9.38. The summed E-state index contributed by atoms with van der Waals surface area (Å²) in [4.78, 5) is 10.5. The van der Waals surface area contributed by atoms with Crippen LogP contribution in [-0.2, 0) is 14.3 Å². The van der Waals surface area contributed by atoms with Gasteiger partial charge in [-0.1, -0.05) is 6.07 Å². The van der Waals surface area contributed by atoms with Crippen molar-refractivity contribution in [1.82, 2.24) is 9.61 Å². The highest BCUT2D eigenvalue weighted by molar-refractivity contribution is 7.85. The van der Waals surface area contributed by atoms with Crippen LogP contribution < -0.4 is 5.32 Å². The smallest absolute Gasteiger partial charge is 0.338 e. The summed E-state index contributed by atoms with van der Waals surface area (Å²) in [5.41, 5.74) is 0.189. The lowest BCUT2D eigenvalue weighted by Gasteiger charge is -2.02. The Bertz CT molecular complexity index is 739. The molecule has 0 atom stereocenters. The van der Waals surface area contributed by atoms with E-state index in [9.17, 15) is 18.5 Å². The van der Waals surface area contributed by atoms with Crippen molar-refractivity contribution in [2.24, 2.45) is 0 Å². The number of anilines is 1. The second kappa shape index (κ2) is 5.43. The van der Waals surface area contributed by atoms with Gasteiger partial charge in [-0.25, -0.2) is 4.52 Å². The maximum atomic E-state index is 11.1. The second-order valence-electron chi connectivity index (χ2n) is 3.94. The van der Waals surface area contributed by atoms with Crippen molar-refractivity contribution in [1.29, 1.82) is 0 Å². The monoisotopic (exact) mass is 300 g/mol. The van der Waals surface area contributed by atoms with Gasteiger partial charge in [0.2, 0.25) is 5.82 Å². The molecule has 2 aromatic rings. The molecule has 0 spiro atoms. The third kappa shape index (κ3) is 3.22. The summed E-state index contributed by atoms with van der Waals surface area (Å²) in [5.74, 6) is 0.0679. The van der Waals surface area contributed by atoms with Crippen molar-refractivity contribution in [2.45, 2.75) is 0 Å². The van der Waals surface area contributed by atoms with Crippen LogP contribution in [0.4, 0.5) is 11.5 Å². The molecule has 108 valence electrons. The summed E-state index contributed by atoms with van der Waals surface area (Å²) in [7, 11) is -3.53. The number of hydrogen-bond donors (Lipinski definition) is 1. The maximum absolute atomic E-state index is 11.1. The van der Waals surface area contributed by atoms with Gasteiger partial charge < -0.3 is 5.32 Å². The van der Waals surface area contributed by atoms with Gasteiger partial charge >= 0.3 is 5.69 Å². The summed E-state index contributed by atoms with van der Waals surface area (Å²) in [6.45, 7) is -0.0539. The molecular formula is C10H12N4O5S. The maximum Gasteiger partial charge on any atom is 0.338 e. The molecule has 1 N–H and O–H groups in total. The van der Waals surface area contributed by atoms with Crippen LogP contribution in [0.5, 0.6) is 0 Å². The summed E-state index contributed by atoms with van der Waals surface area (Å²) < 4.78 is 27.5. The van der Waals surface area contributed by atoms with Gasteiger partial charge in [0.15, 0.2) is 0 Å². The molecule has 20 heavy (non-hydrogen) atoms. The largest absolute Gasteiger partial charge is 0.360 e. The van der Waals surface area contributed by atoms with Crippen LogP contribution in [0.15, 0.2) is 24.4 Å². The van der Waals surface area contributed by atoms with E-state index in [0.29, 0.717) is 5.52 Å². The zero-order chi connectivity index (χ0) is 14.8. The average molecular weight is 300 g/mol. The topological polar surface area (TPSA) is 116 Å². The molecule has 2 rings (SSSR count). The van der Waals surface area contributed by atoms with E-state index >= 15 is 0 Å². The van der Waals surface area contributed by atoms with Crippen molar-refractivity contribution in [3.63, 3.8) is 0 Å². The number of nitro groups is 1. The van der Waals surface area contributed by atoms with Crippen molar-refractivity contribution < 1.29 is 17.5 Å². The van der Waals surface area contributed by atoms with Crippen LogP contribution in [0.1, 0.15) is 0 Å². The van der Waals surface area contributed by atoms with Gasteiger partial charge in [-0.3, -0.25) is 14.3 Å². The number of hydrogen-bond acceptors (Lipinski definition) is 7. The van der Waals surface area contributed by atoms with Crippen LogP contribution in [-0.4, -0.2) is 42.4 Å². The number of pyridine rings is 1. The molecular weight excluding hydrogens is 288 g/mol. The Morgan fingerprint density at radius 2 is 2.25 bits per heavy atom. The Morgan fingerprint density at radius 3 is 2.90 bits per heavy atom. The fourth-order valence-electron chi connectivity index (χ4n) is 1.65. The minimum atomic E-state index is -3.53. The first-order valence-electron chi connectivity index (χ1n) is 5.58. The van der Waals surface area contributed by atoms with Crippen molar-refractivity contribution in [3.05, 3.63) is 34.5 Å². The van der Waals surface area contributed by atoms with E-state index < -0.39 is 15.0 Å². The minimum Gasteiger partial charge on any atom is -0.360 e. The van der Waals surface area contributed by atoms with E-state index in [1.807, 2.05) is 0 Å². The van der Waals surface area contributed by atoms with Crippen molar-refractivity contribution >= 4 is 27.1 Å². The fourth-order valence-corrected chi connectivity index (χ4v) is 2.03. The van der Waals surface area contributed by atoms with E-state index in [0.717, 1.165) is 6.26 Å². The molecule has 0 fully saturated rings. The van der Waals surface area contributed by atoms with Gasteiger partial charge in [0.25, 0.3) is 10.1 Å². The Hall–Kier alpha value is -2.20. The molecule has 0 aliphatic carbocycles. The van der Waals surface area contributed by atoms with Crippen LogP contribution >= 0.6 is 0 Å². The zero-order valence-electron chi connectivity index (χ0n) is 10.5. The first kappa shape index (κ1) is 14.2. The molecule has 2 aromatic heterocycles. The molecule has 0 aliphatic heterocycles. The van der Waals surface area contributed by atoms with Gasteiger partial charge in [-0.15, -0.1) is 5.10 Å². The van der Waals surface area contributed by atoms with Gasteiger partial charge in [0.1, 0.15) is 5.52 Å². The first-order valence-corrected chi connectivity index (χ1v) is 7.40. The average Bonchev–Trinajstić information content (AvgIpc) is 2.71. The number of fused-ring (bicyclic) bond motifs is 1. The number of aromatic nitrogens is 2. The molecule has 0 saturated heterocycles. The number of rotatable bonds is 6. The third-order valence-electron chi connectivity index (χ3n) is 2.39. The van der Waals surface area contributed by atoms with Crippen molar-refractivity contribution in [2.75, 3.05) is 24.7 Å². The molecule has 0 saturated carbocycles. The SMILES string of the molecule is CS(=O)(=O)OCCNc1nn2ccccc2c1[N+](=O)[O-]. The Balaban J connectivity index is 2.17. The highest BCUT2D eigenvalue weighted by Crippen LogP contribution is 2.28. The summed E-state index contributed by atoms with van der Waals surface area (Å²) >= 11 is 0. The molecule has 0 radical (unpaired) electrons. The Morgan fingerprint density at radius 1 is 1.50 bits per heavy atom. The Kier molecular flexibility index (Phi) is 3.86. The predicted molar refractivity (Wildman–Crippen MR) is 71.1 cm³/mol. The molecule has 2 heterocycles. The second-order valence-corrected chi connectivity index (χ2v) is 5.58. The minimum absolute atomic E-state index is 0.0679. The quantitative estimate of drug-likeness (QED) is 0.360. The lowest BCUT2D eigenvalue weighted by Crippen LogP contribution is -2.13. The van der Waals surface area contributed by atoms with E-state index in [4.69, 9.17) is 0 Å². The van der Waals surface area contributed by atoms with Crippen LogP contribution in [0.3, 0.4) is 0 Å². The highest BCUT2D eigenvalue weighted by Gasteiger charge is 2.22.